The molecule has 1 aromatic heterocycles. The lowest BCUT2D eigenvalue weighted by Gasteiger charge is -2.10. The number of hydrogen-bond acceptors (Lipinski definition) is 3. The van der Waals surface area contributed by atoms with Crippen LogP contribution in [0.1, 0.15) is 24.1 Å². The summed E-state index contributed by atoms with van der Waals surface area (Å²) in [6.07, 6.45) is 4.26. The number of benzene rings is 1. The zero-order valence-electron chi connectivity index (χ0n) is 12.5. The van der Waals surface area contributed by atoms with Gasteiger partial charge in [0.05, 0.1) is 14.2 Å². The first-order chi connectivity index (χ1) is 9.67. The first-order valence-corrected chi connectivity index (χ1v) is 6.71. The average molecular weight is 274 g/mol. The van der Waals surface area contributed by atoms with E-state index in [2.05, 4.69) is 41.3 Å². The summed E-state index contributed by atoms with van der Waals surface area (Å²) in [4.78, 5) is 0. The van der Waals surface area contributed by atoms with E-state index in [4.69, 9.17) is 9.47 Å². The minimum absolute atomic E-state index is 0.363. The highest BCUT2D eigenvalue weighted by Crippen LogP contribution is 2.28. The highest BCUT2D eigenvalue weighted by atomic mass is 16.5. The Bertz CT molecular complexity index is 563. The van der Waals surface area contributed by atoms with Crippen molar-refractivity contribution >= 4 is 0 Å². The van der Waals surface area contributed by atoms with Gasteiger partial charge in [0, 0.05) is 25.0 Å². The number of hydrogen-bond donors (Lipinski definition) is 1. The van der Waals surface area contributed by atoms with Crippen LogP contribution in [0.25, 0.3) is 0 Å². The number of nitrogens with zero attached hydrogens (tertiary/aromatic N) is 1. The summed E-state index contributed by atoms with van der Waals surface area (Å²) in [6, 6.07) is 8.51. The lowest BCUT2D eigenvalue weighted by atomic mass is 10.2. The Balaban J connectivity index is 2.15. The molecular weight excluding hydrogens is 252 g/mol. The van der Waals surface area contributed by atoms with Crippen molar-refractivity contribution in [1.29, 1.82) is 0 Å². The van der Waals surface area contributed by atoms with E-state index in [9.17, 15) is 0 Å². The molecule has 20 heavy (non-hydrogen) atoms. The van der Waals surface area contributed by atoms with Gasteiger partial charge in [-0.1, -0.05) is 6.07 Å². The molecule has 108 valence electrons. The van der Waals surface area contributed by atoms with Gasteiger partial charge in [0.15, 0.2) is 11.5 Å². The van der Waals surface area contributed by atoms with Gasteiger partial charge in [-0.2, -0.15) is 0 Å². The van der Waals surface area contributed by atoms with Crippen molar-refractivity contribution in [3.05, 3.63) is 47.8 Å². The maximum absolute atomic E-state index is 5.33. The number of ether oxygens (including phenoxy) is 2. The highest BCUT2D eigenvalue weighted by Gasteiger charge is 2.07. The lowest BCUT2D eigenvalue weighted by molar-refractivity contribution is 0.354. The molecule has 2 aromatic rings. The Hall–Kier alpha value is -1.94. The number of methoxy groups -OCH3 is 2. The third-order valence-corrected chi connectivity index (χ3v) is 3.52. The predicted octanol–water partition coefficient (Wildman–Crippen LogP) is 2.83. The third kappa shape index (κ3) is 3.14. The highest BCUT2D eigenvalue weighted by molar-refractivity contribution is 5.43. The largest absolute Gasteiger partial charge is 0.493 e. The average Bonchev–Trinajstić information content (AvgIpc) is 2.94. The Kier molecular flexibility index (Phi) is 4.69. The molecule has 0 aliphatic heterocycles. The minimum atomic E-state index is 0.363. The predicted molar refractivity (Wildman–Crippen MR) is 80.6 cm³/mol. The monoisotopic (exact) mass is 274 g/mol. The molecule has 0 saturated heterocycles. The van der Waals surface area contributed by atoms with Crippen LogP contribution in [0, 0.1) is 0 Å². The van der Waals surface area contributed by atoms with E-state index in [1.165, 1.54) is 11.1 Å². The van der Waals surface area contributed by atoms with Gasteiger partial charge in [-0.15, -0.1) is 0 Å². The molecule has 0 aliphatic rings. The van der Waals surface area contributed by atoms with Crippen molar-refractivity contribution in [2.24, 2.45) is 0 Å². The molecule has 0 bridgehead atoms. The molecule has 2 rings (SSSR count). The van der Waals surface area contributed by atoms with Gasteiger partial charge >= 0.3 is 0 Å². The fourth-order valence-corrected chi connectivity index (χ4v) is 2.17. The summed E-state index contributed by atoms with van der Waals surface area (Å²) in [5.74, 6) is 1.52. The number of rotatable bonds is 6. The molecule has 0 aliphatic carbocycles. The summed E-state index contributed by atoms with van der Waals surface area (Å²) < 4.78 is 12.8. The molecule has 0 amide bonds. The molecule has 0 spiro atoms. The Morgan fingerprint density at radius 1 is 1.15 bits per heavy atom. The molecular formula is C16H22N2O2. The number of aromatic nitrogens is 1. The van der Waals surface area contributed by atoms with Crippen LogP contribution in [0.3, 0.4) is 0 Å². The van der Waals surface area contributed by atoms with Crippen LogP contribution in [0.5, 0.6) is 11.5 Å². The summed E-state index contributed by atoms with van der Waals surface area (Å²) in [7, 11) is 5.27. The van der Waals surface area contributed by atoms with Crippen molar-refractivity contribution in [1.82, 2.24) is 9.88 Å². The fraction of sp³-hybridized carbons (Fsp3) is 0.375. The third-order valence-electron chi connectivity index (χ3n) is 3.52. The number of nitrogens with one attached hydrogen (secondary N) is 1. The smallest absolute Gasteiger partial charge is 0.161 e. The summed E-state index contributed by atoms with van der Waals surface area (Å²) in [5.41, 5.74) is 2.47. The first-order valence-electron chi connectivity index (χ1n) is 6.71. The standard InChI is InChI=1S/C16H22N2O2/c1-12(17-2)14-7-8-18(11-14)10-13-5-6-15(19-3)16(9-13)20-4/h5-9,11-12,17H,10H2,1-4H3. The van der Waals surface area contributed by atoms with Gasteiger partial charge in [0.25, 0.3) is 0 Å². The van der Waals surface area contributed by atoms with Gasteiger partial charge in [-0.3, -0.25) is 0 Å². The quantitative estimate of drug-likeness (QED) is 0.880. The molecule has 1 atom stereocenters. The van der Waals surface area contributed by atoms with E-state index in [1.54, 1.807) is 14.2 Å². The van der Waals surface area contributed by atoms with Crippen LogP contribution < -0.4 is 14.8 Å². The summed E-state index contributed by atoms with van der Waals surface area (Å²) >= 11 is 0. The molecule has 0 fully saturated rings. The molecule has 0 radical (unpaired) electrons. The van der Waals surface area contributed by atoms with Gasteiger partial charge in [0.1, 0.15) is 0 Å². The first kappa shape index (κ1) is 14.5. The lowest BCUT2D eigenvalue weighted by Crippen LogP contribution is -2.11. The summed E-state index contributed by atoms with van der Waals surface area (Å²) in [6.45, 7) is 2.97. The van der Waals surface area contributed by atoms with Crippen molar-refractivity contribution < 1.29 is 9.47 Å². The van der Waals surface area contributed by atoms with Crippen LogP contribution in [0.4, 0.5) is 0 Å². The Morgan fingerprint density at radius 2 is 1.90 bits per heavy atom. The van der Waals surface area contributed by atoms with E-state index in [0.717, 1.165) is 18.0 Å². The molecule has 1 unspecified atom stereocenters. The summed E-state index contributed by atoms with van der Waals surface area (Å²) in [5, 5.41) is 3.24. The van der Waals surface area contributed by atoms with Crippen LogP contribution in [0.2, 0.25) is 0 Å². The molecule has 1 N–H and O–H groups in total. The van der Waals surface area contributed by atoms with Gasteiger partial charge in [-0.05, 0) is 43.3 Å². The van der Waals surface area contributed by atoms with E-state index < -0.39 is 0 Å². The topological polar surface area (TPSA) is 35.4 Å². The van der Waals surface area contributed by atoms with Gasteiger partial charge in [-0.25, -0.2) is 0 Å². The van der Waals surface area contributed by atoms with E-state index in [0.29, 0.717) is 6.04 Å². The van der Waals surface area contributed by atoms with Gasteiger partial charge in [0.2, 0.25) is 0 Å². The Morgan fingerprint density at radius 3 is 2.55 bits per heavy atom. The van der Waals surface area contributed by atoms with E-state index in [-0.39, 0.29) is 0 Å². The van der Waals surface area contributed by atoms with Crippen molar-refractivity contribution in [2.75, 3.05) is 21.3 Å². The van der Waals surface area contributed by atoms with Crippen LogP contribution in [-0.2, 0) is 6.54 Å². The van der Waals surface area contributed by atoms with Crippen molar-refractivity contribution in [2.45, 2.75) is 19.5 Å². The zero-order valence-corrected chi connectivity index (χ0v) is 12.5. The van der Waals surface area contributed by atoms with Gasteiger partial charge < -0.3 is 19.4 Å². The molecule has 1 heterocycles. The Labute approximate surface area is 120 Å². The normalized spacial score (nSPS) is 12.2. The second kappa shape index (κ2) is 6.48. The van der Waals surface area contributed by atoms with E-state index in [1.807, 2.05) is 19.2 Å². The molecule has 4 heteroatoms. The van der Waals surface area contributed by atoms with Crippen LogP contribution >= 0.6 is 0 Å². The van der Waals surface area contributed by atoms with Crippen molar-refractivity contribution in [3.63, 3.8) is 0 Å². The maximum Gasteiger partial charge on any atom is 0.161 e. The maximum atomic E-state index is 5.33. The zero-order chi connectivity index (χ0) is 14.5. The van der Waals surface area contributed by atoms with Crippen molar-refractivity contribution in [3.8, 4) is 11.5 Å². The van der Waals surface area contributed by atoms with Crippen LogP contribution in [-0.4, -0.2) is 25.8 Å². The van der Waals surface area contributed by atoms with E-state index >= 15 is 0 Å². The SMILES string of the molecule is CNC(C)c1ccn(Cc2ccc(OC)c(OC)c2)c1. The second-order valence-corrected chi connectivity index (χ2v) is 4.82. The molecule has 0 saturated carbocycles. The van der Waals surface area contributed by atoms with Crippen LogP contribution in [0.15, 0.2) is 36.7 Å². The molecule has 1 aromatic carbocycles. The minimum Gasteiger partial charge on any atom is -0.493 e. The fourth-order valence-electron chi connectivity index (χ4n) is 2.17. The second-order valence-electron chi connectivity index (χ2n) is 4.82. The molecule has 4 nitrogen and oxygen atoms in total.